The Labute approximate surface area is 156 Å². The molecule has 0 fully saturated rings. The van der Waals surface area contributed by atoms with Crippen molar-refractivity contribution in [2.75, 3.05) is 27.4 Å². The highest BCUT2D eigenvalue weighted by Gasteiger charge is 2.25. The van der Waals surface area contributed by atoms with E-state index in [4.69, 9.17) is 18.9 Å². The molecule has 0 atom stereocenters. The number of nitro groups is 1. The number of hydrogen-bond donors (Lipinski definition) is 0. The number of nitrogens with zero attached hydrogens (tertiary/aromatic N) is 1. The smallest absolute Gasteiger partial charge is 0.345 e. The van der Waals surface area contributed by atoms with Crippen LogP contribution in [-0.4, -0.2) is 38.3 Å². The molecule has 0 spiro atoms. The summed E-state index contributed by atoms with van der Waals surface area (Å²) in [5, 5.41) is 11.2. The van der Waals surface area contributed by atoms with Gasteiger partial charge in [0.1, 0.15) is 24.5 Å². The molecule has 0 bridgehead atoms. The predicted octanol–water partition coefficient (Wildman–Crippen LogP) is 3.41. The van der Waals surface area contributed by atoms with Crippen molar-refractivity contribution in [1.29, 1.82) is 0 Å². The summed E-state index contributed by atoms with van der Waals surface area (Å²) in [7, 11) is 2.72. The Hall–Kier alpha value is -3.29. The molecule has 0 N–H and O–H groups in total. The molecule has 0 amide bonds. The van der Waals surface area contributed by atoms with E-state index in [1.807, 2.05) is 25.1 Å². The number of carbonyl (C=O) groups excluding carboxylic acids is 1. The molecule has 8 nitrogen and oxygen atoms in total. The molecule has 2 aromatic rings. The van der Waals surface area contributed by atoms with Crippen LogP contribution < -0.4 is 14.2 Å². The number of nitro benzene ring substituents is 1. The van der Waals surface area contributed by atoms with Gasteiger partial charge in [-0.1, -0.05) is 19.1 Å². The van der Waals surface area contributed by atoms with Crippen molar-refractivity contribution >= 4 is 11.7 Å². The minimum absolute atomic E-state index is 0.0549. The molecular formula is C19H21NO7. The van der Waals surface area contributed by atoms with Gasteiger partial charge >= 0.3 is 5.97 Å². The van der Waals surface area contributed by atoms with Crippen LogP contribution in [0.25, 0.3) is 0 Å². The minimum atomic E-state index is -0.839. The number of esters is 1. The lowest BCUT2D eigenvalue weighted by molar-refractivity contribution is -0.385. The zero-order valence-corrected chi connectivity index (χ0v) is 15.4. The molecule has 2 rings (SSSR count). The van der Waals surface area contributed by atoms with Gasteiger partial charge < -0.3 is 18.9 Å². The average Bonchev–Trinajstić information content (AvgIpc) is 2.69. The molecule has 0 unspecified atom stereocenters. The van der Waals surface area contributed by atoms with Crippen LogP contribution in [0, 0.1) is 10.1 Å². The Bertz CT molecular complexity index is 820. The van der Waals surface area contributed by atoms with Gasteiger partial charge in [0.25, 0.3) is 5.69 Å². The van der Waals surface area contributed by atoms with Gasteiger partial charge in [-0.2, -0.15) is 0 Å². The van der Waals surface area contributed by atoms with Gasteiger partial charge in [0.05, 0.1) is 25.2 Å². The maximum Gasteiger partial charge on any atom is 0.345 e. The second-order valence-electron chi connectivity index (χ2n) is 5.47. The first kappa shape index (κ1) is 20.0. The SMILES string of the molecule is CCc1cccc(OCCOC(=O)c2cc(OC)c(OC)cc2[N+](=O)[O-])c1. The van der Waals surface area contributed by atoms with Crippen molar-refractivity contribution in [3.8, 4) is 17.2 Å². The molecule has 8 heteroatoms. The third-order valence-corrected chi connectivity index (χ3v) is 3.81. The summed E-state index contributed by atoms with van der Waals surface area (Å²) < 4.78 is 20.8. The van der Waals surface area contributed by atoms with E-state index in [0.29, 0.717) is 5.75 Å². The molecule has 0 aliphatic carbocycles. The van der Waals surface area contributed by atoms with E-state index < -0.39 is 16.6 Å². The van der Waals surface area contributed by atoms with E-state index >= 15 is 0 Å². The standard InChI is InChI=1S/C19H21NO7/c1-4-13-6-5-7-14(10-13)26-8-9-27-19(21)15-11-17(24-2)18(25-3)12-16(15)20(22)23/h5-7,10-12H,4,8-9H2,1-3H3. The summed E-state index contributed by atoms with van der Waals surface area (Å²) in [5.74, 6) is 0.179. The fourth-order valence-electron chi connectivity index (χ4n) is 2.41. The summed E-state index contributed by atoms with van der Waals surface area (Å²) in [6, 6.07) is 9.93. The fraction of sp³-hybridized carbons (Fsp3) is 0.316. The molecule has 0 aliphatic heterocycles. The molecule has 0 saturated carbocycles. The molecule has 27 heavy (non-hydrogen) atoms. The second kappa shape index (κ2) is 9.42. The van der Waals surface area contributed by atoms with E-state index in [1.54, 1.807) is 6.07 Å². The number of aryl methyl sites for hydroxylation is 1. The van der Waals surface area contributed by atoms with Gasteiger partial charge in [-0.3, -0.25) is 10.1 Å². The summed E-state index contributed by atoms with van der Waals surface area (Å²) >= 11 is 0. The van der Waals surface area contributed by atoms with Crippen LogP contribution in [0.15, 0.2) is 36.4 Å². The van der Waals surface area contributed by atoms with Gasteiger partial charge in [0.2, 0.25) is 0 Å². The second-order valence-corrected chi connectivity index (χ2v) is 5.47. The van der Waals surface area contributed by atoms with E-state index in [1.165, 1.54) is 20.3 Å². The number of benzene rings is 2. The Kier molecular flexibility index (Phi) is 6.99. The molecule has 2 aromatic carbocycles. The zero-order chi connectivity index (χ0) is 19.8. The zero-order valence-electron chi connectivity index (χ0n) is 15.4. The third kappa shape index (κ3) is 5.10. The predicted molar refractivity (Wildman–Crippen MR) is 97.8 cm³/mol. The first-order valence-corrected chi connectivity index (χ1v) is 8.29. The quantitative estimate of drug-likeness (QED) is 0.287. The van der Waals surface area contributed by atoms with Crippen LogP contribution in [0.4, 0.5) is 5.69 Å². The van der Waals surface area contributed by atoms with Crippen LogP contribution in [0.1, 0.15) is 22.8 Å². The fourth-order valence-corrected chi connectivity index (χ4v) is 2.41. The largest absolute Gasteiger partial charge is 0.493 e. The first-order chi connectivity index (χ1) is 13.0. The molecular weight excluding hydrogens is 354 g/mol. The Morgan fingerprint density at radius 2 is 1.78 bits per heavy atom. The molecule has 0 aromatic heterocycles. The minimum Gasteiger partial charge on any atom is -0.493 e. The number of hydrogen-bond acceptors (Lipinski definition) is 7. The van der Waals surface area contributed by atoms with Gasteiger partial charge in [0.15, 0.2) is 11.5 Å². The monoisotopic (exact) mass is 375 g/mol. The third-order valence-electron chi connectivity index (χ3n) is 3.81. The number of carbonyl (C=O) groups is 1. The summed E-state index contributed by atoms with van der Waals surface area (Å²) in [6.07, 6.45) is 0.884. The van der Waals surface area contributed by atoms with Crippen LogP contribution in [0.2, 0.25) is 0 Å². The molecule has 0 saturated heterocycles. The van der Waals surface area contributed by atoms with Crippen molar-refractivity contribution in [3.63, 3.8) is 0 Å². The van der Waals surface area contributed by atoms with E-state index in [0.717, 1.165) is 18.1 Å². The summed E-state index contributed by atoms with van der Waals surface area (Å²) in [5.41, 5.74) is 0.491. The van der Waals surface area contributed by atoms with Crippen molar-refractivity contribution < 1.29 is 28.7 Å². The summed E-state index contributed by atoms with van der Waals surface area (Å²) in [6.45, 7) is 2.11. The van der Waals surface area contributed by atoms with Crippen LogP contribution >= 0.6 is 0 Å². The highest BCUT2D eigenvalue weighted by molar-refractivity contribution is 5.95. The van der Waals surface area contributed by atoms with Crippen molar-refractivity contribution in [1.82, 2.24) is 0 Å². The van der Waals surface area contributed by atoms with Crippen LogP contribution in [0.3, 0.4) is 0 Å². The maximum absolute atomic E-state index is 12.3. The van der Waals surface area contributed by atoms with Crippen LogP contribution in [0.5, 0.6) is 17.2 Å². The Morgan fingerprint density at radius 3 is 2.41 bits per heavy atom. The lowest BCUT2D eigenvalue weighted by Crippen LogP contribution is -2.14. The number of rotatable bonds is 9. The average molecular weight is 375 g/mol. The Balaban J connectivity index is 2.03. The normalized spacial score (nSPS) is 10.2. The topological polar surface area (TPSA) is 97.1 Å². The highest BCUT2D eigenvalue weighted by Crippen LogP contribution is 2.34. The van der Waals surface area contributed by atoms with E-state index in [2.05, 4.69) is 0 Å². The summed E-state index contributed by atoms with van der Waals surface area (Å²) in [4.78, 5) is 22.8. The number of methoxy groups -OCH3 is 2. The highest BCUT2D eigenvalue weighted by atomic mass is 16.6. The van der Waals surface area contributed by atoms with Gasteiger partial charge in [-0.25, -0.2) is 4.79 Å². The maximum atomic E-state index is 12.3. The molecule has 144 valence electrons. The van der Waals surface area contributed by atoms with Gasteiger partial charge in [-0.15, -0.1) is 0 Å². The molecule has 0 radical (unpaired) electrons. The first-order valence-electron chi connectivity index (χ1n) is 8.29. The lowest BCUT2D eigenvalue weighted by Gasteiger charge is -2.11. The molecule has 0 heterocycles. The van der Waals surface area contributed by atoms with Crippen molar-refractivity contribution in [2.45, 2.75) is 13.3 Å². The van der Waals surface area contributed by atoms with E-state index in [-0.39, 0.29) is 30.3 Å². The lowest BCUT2D eigenvalue weighted by atomic mass is 10.1. The molecule has 0 aliphatic rings. The van der Waals surface area contributed by atoms with Crippen molar-refractivity contribution in [2.24, 2.45) is 0 Å². The number of ether oxygens (including phenoxy) is 4. The van der Waals surface area contributed by atoms with Gasteiger partial charge in [-0.05, 0) is 24.1 Å². The Morgan fingerprint density at radius 1 is 1.07 bits per heavy atom. The van der Waals surface area contributed by atoms with E-state index in [9.17, 15) is 14.9 Å². The van der Waals surface area contributed by atoms with Crippen molar-refractivity contribution in [3.05, 3.63) is 57.6 Å². The van der Waals surface area contributed by atoms with Gasteiger partial charge in [0, 0.05) is 6.07 Å². The van der Waals surface area contributed by atoms with Crippen LogP contribution in [-0.2, 0) is 11.2 Å².